The second kappa shape index (κ2) is 7.49. The van der Waals surface area contributed by atoms with Crippen LogP contribution in [0.4, 0.5) is 5.69 Å². The fourth-order valence-electron chi connectivity index (χ4n) is 2.51. The van der Waals surface area contributed by atoms with Crippen LogP contribution in [0.3, 0.4) is 0 Å². The maximum atomic E-state index is 12.3. The van der Waals surface area contributed by atoms with Gasteiger partial charge in [0.05, 0.1) is 6.20 Å². The summed E-state index contributed by atoms with van der Waals surface area (Å²) in [5, 5.41) is 3.45. The Kier molecular flexibility index (Phi) is 5.14. The molecule has 0 saturated heterocycles. The highest BCUT2D eigenvalue weighted by Gasteiger charge is 2.15. The van der Waals surface area contributed by atoms with Crippen LogP contribution in [0.15, 0.2) is 48.7 Å². The summed E-state index contributed by atoms with van der Waals surface area (Å²) in [5.74, 6) is -0.199. The van der Waals surface area contributed by atoms with E-state index in [4.69, 9.17) is 4.74 Å². The first-order valence-electron chi connectivity index (χ1n) is 8.05. The number of rotatable bonds is 4. The van der Waals surface area contributed by atoms with Crippen molar-refractivity contribution in [3.63, 3.8) is 0 Å². The fraction of sp³-hybridized carbons (Fsp3) is 0.150. The Morgan fingerprint density at radius 3 is 2.46 bits per heavy atom. The van der Waals surface area contributed by atoms with Crippen LogP contribution in [0.5, 0.6) is 5.75 Å². The molecule has 0 saturated carbocycles. The van der Waals surface area contributed by atoms with Crippen LogP contribution in [-0.4, -0.2) is 16.9 Å². The first-order valence-corrected chi connectivity index (χ1v) is 8.87. The zero-order chi connectivity index (χ0) is 18.7. The van der Waals surface area contributed by atoms with E-state index >= 15 is 0 Å². The van der Waals surface area contributed by atoms with Gasteiger partial charge in [0.25, 0.3) is 0 Å². The Morgan fingerprint density at radius 2 is 1.81 bits per heavy atom. The van der Waals surface area contributed by atoms with E-state index in [1.165, 1.54) is 30.0 Å². The molecule has 1 N–H and O–H groups in total. The quantitative estimate of drug-likeness (QED) is 0.541. The lowest BCUT2D eigenvalue weighted by Crippen LogP contribution is -2.07. The van der Waals surface area contributed by atoms with Crippen molar-refractivity contribution in [2.45, 2.75) is 20.8 Å². The molecule has 132 valence electrons. The van der Waals surface area contributed by atoms with Gasteiger partial charge in [-0.1, -0.05) is 23.8 Å². The standard InChI is InChI=1S/C20H18N2O3S/c1-12-4-9-17(13(2)10-12)19-21-11-18(26-19)20(24)25-16-7-5-15(6-8-16)22-14(3)23/h4-11H,1-3H3,(H,22,23). The third-order valence-electron chi connectivity index (χ3n) is 3.70. The van der Waals surface area contributed by atoms with E-state index < -0.39 is 5.97 Å². The number of nitrogens with zero attached hydrogens (tertiary/aromatic N) is 1. The summed E-state index contributed by atoms with van der Waals surface area (Å²) in [6.45, 7) is 5.50. The number of aromatic nitrogens is 1. The van der Waals surface area contributed by atoms with Crippen LogP contribution >= 0.6 is 11.3 Å². The molecule has 0 radical (unpaired) electrons. The van der Waals surface area contributed by atoms with Crippen LogP contribution in [0.2, 0.25) is 0 Å². The minimum atomic E-state index is -0.453. The number of esters is 1. The monoisotopic (exact) mass is 366 g/mol. The summed E-state index contributed by atoms with van der Waals surface area (Å²) >= 11 is 1.30. The van der Waals surface area contributed by atoms with Gasteiger partial charge in [-0.2, -0.15) is 0 Å². The molecular weight excluding hydrogens is 348 g/mol. The molecule has 1 amide bonds. The summed E-state index contributed by atoms with van der Waals surface area (Å²) in [4.78, 5) is 28.2. The van der Waals surface area contributed by atoms with Crippen molar-refractivity contribution in [1.29, 1.82) is 0 Å². The molecule has 2 aromatic carbocycles. The molecule has 0 atom stereocenters. The van der Waals surface area contributed by atoms with E-state index in [-0.39, 0.29) is 5.91 Å². The van der Waals surface area contributed by atoms with Crippen LogP contribution in [0.25, 0.3) is 10.6 Å². The third-order valence-corrected chi connectivity index (χ3v) is 4.72. The molecule has 5 nitrogen and oxygen atoms in total. The highest BCUT2D eigenvalue weighted by atomic mass is 32.1. The Hall–Kier alpha value is -2.99. The Morgan fingerprint density at radius 1 is 1.08 bits per heavy atom. The number of hydrogen-bond donors (Lipinski definition) is 1. The Balaban J connectivity index is 1.73. The number of carbonyl (C=O) groups excluding carboxylic acids is 2. The summed E-state index contributed by atoms with van der Waals surface area (Å²) in [6, 6.07) is 12.8. The zero-order valence-corrected chi connectivity index (χ0v) is 15.5. The molecule has 26 heavy (non-hydrogen) atoms. The first kappa shape index (κ1) is 17.8. The van der Waals surface area contributed by atoms with E-state index in [0.717, 1.165) is 16.1 Å². The van der Waals surface area contributed by atoms with Gasteiger partial charge in [-0.3, -0.25) is 4.79 Å². The number of anilines is 1. The van der Waals surface area contributed by atoms with E-state index in [2.05, 4.69) is 16.4 Å². The average Bonchev–Trinajstić information content (AvgIpc) is 3.06. The largest absolute Gasteiger partial charge is 0.422 e. The van der Waals surface area contributed by atoms with E-state index in [0.29, 0.717) is 16.3 Å². The number of aryl methyl sites for hydroxylation is 2. The molecular formula is C20H18N2O3S. The Bertz CT molecular complexity index is 961. The summed E-state index contributed by atoms with van der Waals surface area (Å²) in [5.41, 5.74) is 3.96. The SMILES string of the molecule is CC(=O)Nc1ccc(OC(=O)c2cnc(-c3ccc(C)cc3C)s2)cc1. The molecule has 1 aromatic heterocycles. The van der Waals surface area contributed by atoms with E-state index in [9.17, 15) is 9.59 Å². The van der Waals surface area contributed by atoms with Gasteiger partial charge in [-0.25, -0.2) is 9.78 Å². The lowest BCUT2D eigenvalue weighted by Gasteiger charge is -2.05. The second-order valence-electron chi connectivity index (χ2n) is 5.94. The van der Waals surface area contributed by atoms with Gasteiger partial charge in [0.2, 0.25) is 5.91 Å². The van der Waals surface area contributed by atoms with Crippen molar-refractivity contribution in [1.82, 2.24) is 4.98 Å². The lowest BCUT2D eigenvalue weighted by molar-refractivity contribution is -0.114. The number of carbonyl (C=O) groups is 2. The zero-order valence-electron chi connectivity index (χ0n) is 14.7. The summed E-state index contributed by atoms with van der Waals surface area (Å²) < 4.78 is 5.38. The van der Waals surface area contributed by atoms with Crippen LogP contribution in [0.1, 0.15) is 27.7 Å². The first-order chi connectivity index (χ1) is 12.4. The van der Waals surface area contributed by atoms with Crippen molar-refractivity contribution in [2.24, 2.45) is 0 Å². The van der Waals surface area contributed by atoms with Crippen LogP contribution < -0.4 is 10.1 Å². The highest BCUT2D eigenvalue weighted by molar-refractivity contribution is 7.16. The molecule has 0 spiro atoms. The summed E-state index contributed by atoms with van der Waals surface area (Å²) in [7, 11) is 0. The number of amides is 1. The second-order valence-corrected chi connectivity index (χ2v) is 6.97. The van der Waals surface area contributed by atoms with Crippen molar-refractivity contribution in [3.05, 3.63) is 64.7 Å². The van der Waals surface area contributed by atoms with Crippen molar-refractivity contribution in [2.75, 3.05) is 5.32 Å². The third kappa shape index (κ3) is 4.15. The molecule has 0 aliphatic carbocycles. The molecule has 0 aliphatic rings. The highest BCUT2D eigenvalue weighted by Crippen LogP contribution is 2.29. The van der Waals surface area contributed by atoms with Gasteiger partial charge in [0.1, 0.15) is 15.6 Å². The normalized spacial score (nSPS) is 10.4. The topological polar surface area (TPSA) is 68.3 Å². The lowest BCUT2D eigenvalue weighted by atomic mass is 10.1. The average molecular weight is 366 g/mol. The summed E-state index contributed by atoms with van der Waals surface area (Å²) in [6.07, 6.45) is 1.54. The minimum absolute atomic E-state index is 0.154. The maximum absolute atomic E-state index is 12.3. The molecule has 1 heterocycles. The van der Waals surface area contributed by atoms with Gasteiger partial charge >= 0.3 is 5.97 Å². The van der Waals surface area contributed by atoms with Gasteiger partial charge < -0.3 is 10.1 Å². The van der Waals surface area contributed by atoms with E-state index in [1.807, 2.05) is 26.0 Å². The molecule has 0 bridgehead atoms. The number of ether oxygens (including phenoxy) is 1. The maximum Gasteiger partial charge on any atom is 0.355 e. The van der Waals surface area contributed by atoms with E-state index in [1.54, 1.807) is 24.3 Å². The minimum Gasteiger partial charge on any atom is -0.422 e. The molecule has 0 aliphatic heterocycles. The molecule has 3 aromatic rings. The van der Waals surface area contributed by atoms with Gasteiger partial charge in [0, 0.05) is 18.2 Å². The number of thiazole rings is 1. The van der Waals surface area contributed by atoms with Crippen LogP contribution in [0, 0.1) is 13.8 Å². The van der Waals surface area contributed by atoms with Gasteiger partial charge in [-0.05, 0) is 43.7 Å². The number of hydrogen-bond acceptors (Lipinski definition) is 5. The van der Waals surface area contributed by atoms with Crippen molar-refractivity contribution < 1.29 is 14.3 Å². The van der Waals surface area contributed by atoms with Crippen molar-refractivity contribution in [3.8, 4) is 16.3 Å². The van der Waals surface area contributed by atoms with Crippen molar-refractivity contribution >= 4 is 28.9 Å². The van der Waals surface area contributed by atoms with Gasteiger partial charge in [-0.15, -0.1) is 11.3 Å². The predicted octanol–water partition coefficient (Wildman–Crippen LogP) is 4.60. The number of benzene rings is 2. The smallest absolute Gasteiger partial charge is 0.355 e. The van der Waals surface area contributed by atoms with Gasteiger partial charge in [0.15, 0.2) is 0 Å². The fourth-order valence-corrected chi connectivity index (χ4v) is 3.40. The molecule has 0 unspecified atom stereocenters. The predicted molar refractivity (Wildman–Crippen MR) is 103 cm³/mol. The van der Waals surface area contributed by atoms with Crippen LogP contribution in [-0.2, 0) is 4.79 Å². The Labute approximate surface area is 155 Å². The molecule has 3 rings (SSSR count). The molecule has 0 fully saturated rings. The number of nitrogens with one attached hydrogen (secondary N) is 1. The molecule has 6 heteroatoms.